The van der Waals surface area contributed by atoms with E-state index in [1.807, 2.05) is 42.5 Å². The standard InChI is InChI=1S/C18H13BBrOP/c19-14-6-12-18(13-7-14)22(17-4-2-1-3-5-17)21-16-10-8-15(20)9-11-16/h1-2,4,6-13H,19H2. The van der Waals surface area contributed by atoms with E-state index in [1.54, 1.807) is 0 Å². The molecule has 0 aromatic heterocycles. The van der Waals surface area contributed by atoms with Gasteiger partial charge < -0.3 is 4.52 Å². The van der Waals surface area contributed by atoms with E-state index in [1.165, 1.54) is 10.8 Å². The molecule has 1 aliphatic carbocycles. The first-order valence-corrected chi connectivity index (χ1v) is 8.96. The molecule has 0 saturated carbocycles. The molecule has 0 saturated heterocycles. The smallest absolute Gasteiger partial charge is 0.159 e. The van der Waals surface area contributed by atoms with Gasteiger partial charge in [0.25, 0.3) is 0 Å². The molecule has 0 heterocycles. The fourth-order valence-corrected chi connectivity index (χ4v) is 3.87. The van der Waals surface area contributed by atoms with Crippen molar-refractivity contribution in [2.24, 2.45) is 0 Å². The maximum atomic E-state index is 6.27. The third-order valence-electron chi connectivity index (χ3n) is 3.13. The summed E-state index contributed by atoms with van der Waals surface area (Å²) in [4.78, 5) is 0. The van der Waals surface area contributed by atoms with Gasteiger partial charge in [-0.2, -0.15) is 0 Å². The summed E-state index contributed by atoms with van der Waals surface area (Å²) >= 11 is 3.45. The highest BCUT2D eigenvalue weighted by atomic mass is 79.9. The predicted molar refractivity (Wildman–Crippen MR) is 100 cm³/mol. The maximum Gasteiger partial charge on any atom is 0.159 e. The molecule has 1 aliphatic rings. The molecule has 2 aromatic rings. The summed E-state index contributed by atoms with van der Waals surface area (Å²) in [5, 5.41) is 2.20. The topological polar surface area (TPSA) is 9.23 Å². The fraction of sp³-hybridized carbons (Fsp3) is 0. The highest BCUT2D eigenvalue weighted by Crippen LogP contribution is 2.45. The van der Waals surface area contributed by atoms with Crippen LogP contribution in [0.3, 0.4) is 0 Å². The van der Waals surface area contributed by atoms with Crippen molar-refractivity contribution in [1.29, 1.82) is 0 Å². The molecule has 106 valence electrons. The molecule has 0 aliphatic heterocycles. The minimum Gasteiger partial charge on any atom is -0.464 e. The fourth-order valence-electron chi connectivity index (χ4n) is 1.99. The second-order valence-electron chi connectivity index (χ2n) is 4.86. The largest absolute Gasteiger partial charge is 0.464 e. The minimum atomic E-state index is -0.951. The Balaban J connectivity index is 1.97. The van der Waals surface area contributed by atoms with Crippen molar-refractivity contribution in [2.45, 2.75) is 0 Å². The van der Waals surface area contributed by atoms with Gasteiger partial charge >= 0.3 is 0 Å². The molecule has 3 rings (SSSR count). The third kappa shape index (κ3) is 3.71. The summed E-state index contributed by atoms with van der Waals surface area (Å²) in [7, 11) is 1.14. The molecule has 1 nitrogen and oxygen atoms in total. The van der Waals surface area contributed by atoms with Crippen LogP contribution in [0.5, 0.6) is 5.75 Å². The zero-order valence-corrected chi connectivity index (χ0v) is 14.6. The van der Waals surface area contributed by atoms with Crippen molar-refractivity contribution >= 4 is 42.7 Å². The van der Waals surface area contributed by atoms with E-state index in [2.05, 4.69) is 59.5 Å². The summed E-state index contributed by atoms with van der Waals surface area (Å²) in [5.41, 5.74) is 7.45. The zero-order chi connectivity index (χ0) is 15.4. The second-order valence-corrected chi connectivity index (χ2v) is 7.54. The van der Waals surface area contributed by atoms with Crippen LogP contribution >= 0.6 is 24.1 Å². The van der Waals surface area contributed by atoms with Crippen molar-refractivity contribution in [3.63, 3.8) is 0 Å². The molecule has 1 unspecified atom stereocenters. The van der Waals surface area contributed by atoms with Crippen LogP contribution in [0.25, 0.3) is 0 Å². The van der Waals surface area contributed by atoms with Crippen LogP contribution < -0.4 is 15.3 Å². The van der Waals surface area contributed by atoms with Gasteiger partial charge in [-0.3, -0.25) is 0 Å². The van der Waals surface area contributed by atoms with E-state index < -0.39 is 8.15 Å². The lowest BCUT2D eigenvalue weighted by molar-refractivity contribution is 0.627. The Morgan fingerprint density at radius 3 is 2.36 bits per heavy atom. The lowest BCUT2D eigenvalue weighted by atomic mass is 9.97. The Morgan fingerprint density at radius 2 is 1.73 bits per heavy atom. The van der Waals surface area contributed by atoms with Crippen molar-refractivity contribution in [3.8, 4) is 5.75 Å². The molecule has 0 amide bonds. The number of rotatable bonds is 4. The van der Waals surface area contributed by atoms with Gasteiger partial charge in [0.05, 0.1) is 5.31 Å². The average molecular weight is 367 g/mol. The van der Waals surface area contributed by atoms with E-state index in [9.17, 15) is 0 Å². The summed E-state index contributed by atoms with van der Waals surface area (Å²) < 4.78 is 7.32. The second kappa shape index (κ2) is 7.01. The Kier molecular flexibility index (Phi) is 4.83. The number of halogens is 1. The van der Waals surface area contributed by atoms with Crippen LogP contribution in [-0.4, -0.2) is 7.85 Å². The molecule has 4 heteroatoms. The summed E-state index contributed by atoms with van der Waals surface area (Å²) in [5.74, 6) is 0.854. The first-order valence-electron chi connectivity index (χ1n) is 6.91. The van der Waals surface area contributed by atoms with Gasteiger partial charge in [0.1, 0.15) is 13.6 Å². The van der Waals surface area contributed by atoms with E-state index in [0.717, 1.165) is 15.5 Å². The Morgan fingerprint density at radius 1 is 1.00 bits per heavy atom. The van der Waals surface area contributed by atoms with Crippen molar-refractivity contribution in [1.82, 2.24) is 0 Å². The maximum absolute atomic E-state index is 6.27. The summed E-state index contributed by atoms with van der Waals surface area (Å²) in [6.45, 7) is 0. The van der Waals surface area contributed by atoms with Crippen LogP contribution in [0, 0.1) is 0 Å². The monoisotopic (exact) mass is 366 g/mol. The predicted octanol–water partition coefficient (Wildman–Crippen LogP) is 3.57. The Hall–Kier alpha value is -1.75. The molecule has 22 heavy (non-hydrogen) atoms. The van der Waals surface area contributed by atoms with Gasteiger partial charge in [-0.05, 0) is 36.4 Å². The van der Waals surface area contributed by atoms with E-state index in [0.29, 0.717) is 0 Å². The first-order chi connectivity index (χ1) is 10.7. The van der Waals surface area contributed by atoms with Crippen LogP contribution in [0.1, 0.15) is 0 Å². The molecule has 0 spiro atoms. The number of benzene rings is 2. The molecule has 0 fully saturated rings. The lowest BCUT2D eigenvalue weighted by Crippen LogP contribution is -2.11. The molecule has 0 N–H and O–H groups in total. The Labute approximate surface area is 141 Å². The normalized spacial score (nSPS) is 13.8. The molecule has 0 radical (unpaired) electrons. The molecule has 0 bridgehead atoms. The van der Waals surface area contributed by atoms with Gasteiger partial charge in [-0.1, -0.05) is 63.2 Å². The van der Waals surface area contributed by atoms with Gasteiger partial charge in [-0.15, -0.1) is 0 Å². The highest BCUT2D eigenvalue weighted by Gasteiger charge is 2.18. The lowest BCUT2D eigenvalue weighted by Gasteiger charge is -2.19. The van der Waals surface area contributed by atoms with Gasteiger partial charge in [0.15, 0.2) is 8.15 Å². The highest BCUT2D eigenvalue weighted by molar-refractivity contribution is 9.10. The first kappa shape index (κ1) is 15.2. The third-order valence-corrected chi connectivity index (χ3v) is 5.52. The van der Waals surface area contributed by atoms with E-state index in [-0.39, 0.29) is 0 Å². The Bertz CT molecular complexity index is 796. The van der Waals surface area contributed by atoms with Crippen LogP contribution in [-0.2, 0) is 0 Å². The summed E-state index contributed by atoms with van der Waals surface area (Å²) in [6.07, 6.45) is 5.87. The molecule has 1 atom stereocenters. The minimum absolute atomic E-state index is 0.854. The van der Waals surface area contributed by atoms with Gasteiger partial charge in [0, 0.05) is 9.78 Å². The van der Waals surface area contributed by atoms with E-state index >= 15 is 0 Å². The van der Waals surface area contributed by atoms with Gasteiger partial charge in [-0.25, -0.2) is 0 Å². The number of hydrogen-bond donors (Lipinski definition) is 0. The molecular formula is C18H13BBrOP. The quantitative estimate of drug-likeness (QED) is 0.456. The molecule has 2 aromatic carbocycles. The number of allylic oxidation sites excluding steroid dienone is 4. The average Bonchev–Trinajstić information content (AvgIpc) is 2.56. The SMILES string of the molecule is Bc1ccc(P(Oc2ccc(Br)cc2)C2=C=C=CC=C2)cc1. The van der Waals surface area contributed by atoms with Crippen LogP contribution in [0.2, 0.25) is 0 Å². The van der Waals surface area contributed by atoms with Crippen LogP contribution in [0.15, 0.2) is 88.0 Å². The van der Waals surface area contributed by atoms with Crippen molar-refractivity contribution in [2.75, 3.05) is 0 Å². The molecular weight excluding hydrogens is 354 g/mol. The number of hydrogen-bond acceptors (Lipinski definition) is 1. The van der Waals surface area contributed by atoms with E-state index in [4.69, 9.17) is 4.52 Å². The van der Waals surface area contributed by atoms with Gasteiger partial charge in [0.2, 0.25) is 0 Å². The van der Waals surface area contributed by atoms with Crippen molar-refractivity contribution < 1.29 is 4.52 Å². The zero-order valence-electron chi connectivity index (χ0n) is 12.1. The van der Waals surface area contributed by atoms with Crippen LogP contribution in [0.4, 0.5) is 0 Å². The van der Waals surface area contributed by atoms with Crippen molar-refractivity contribution in [3.05, 3.63) is 88.0 Å². The summed E-state index contributed by atoms with van der Waals surface area (Å²) in [6, 6.07) is 16.4.